The van der Waals surface area contributed by atoms with E-state index in [0.717, 1.165) is 25.1 Å². The van der Waals surface area contributed by atoms with Crippen LogP contribution in [0.1, 0.15) is 65.7 Å². The summed E-state index contributed by atoms with van der Waals surface area (Å²) in [5.41, 5.74) is 6.26. The third-order valence-electron chi connectivity index (χ3n) is 4.11. The first-order chi connectivity index (χ1) is 7.17. The van der Waals surface area contributed by atoms with E-state index < -0.39 is 0 Å². The van der Waals surface area contributed by atoms with Gasteiger partial charge in [0.15, 0.2) is 0 Å². The van der Waals surface area contributed by atoms with Crippen molar-refractivity contribution in [2.24, 2.45) is 16.6 Å². The maximum Gasteiger partial charge on any atom is 0.0975 e. The van der Waals surface area contributed by atoms with Crippen LogP contribution in [-0.2, 0) is 0 Å². The summed E-state index contributed by atoms with van der Waals surface area (Å²) in [6, 6.07) is 0. The second-order valence-electron chi connectivity index (χ2n) is 4.80. The van der Waals surface area contributed by atoms with Gasteiger partial charge < -0.3 is 5.73 Å². The minimum absolute atomic E-state index is 0.118. The molecule has 2 nitrogen and oxygen atoms in total. The number of nitrogens with two attached hydrogens (primary N) is 1. The number of rotatable bonds is 5. The molecular weight excluding hydrogens is 184 g/mol. The Kier molecular flexibility index (Phi) is 4.62. The van der Waals surface area contributed by atoms with Crippen LogP contribution >= 0.6 is 0 Å². The van der Waals surface area contributed by atoms with Crippen LogP contribution in [-0.4, -0.2) is 11.4 Å². The highest BCUT2D eigenvalue weighted by Gasteiger charge is 2.26. The molecule has 0 aromatic carbocycles. The van der Waals surface area contributed by atoms with Gasteiger partial charge in [-0.1, -0.05) is 33.6 Å². The predicted octanol–water partition coefficient (Wildman–Crippen LogP) is 3.50. The zero-order valence-corrected chi connectivity index (χ0v) is 10.6. The third kappa shape index (κ3) is 2.96. The maximum atomic E-state index is 6.14. The van der Waals surface area contributed by atoms with Gasteiger partial charge in [-0.15, -0.1) is 0 Å². The second-order valence-corrected chi connectivity index (χ2v) is 4.80. The summed E-state index contributed by atoms with van der Waals surface area (Å²) in [5, 5.41) is 0. The van der Waals surface area contributed by atoms with E-state index in [4.69, 9.17) is 10.7 Å². The van der Waals surface area contributed by atoms with Crippen molar-refractivity contribution in [1.82, 2.24) is 0 Å². The van der Waals surface area contributed by atoms with Crippen LogP contribution in [0.2, 0.25) is 0 Å². The number of amidine groups is 1. The smallest absolute Gasteiger partial charge is 0.0975 e. The molecule has 1 rings (SSSR count). The van der Waals surface area contributed by atoms with Crippen LogP contribution in [0.5, 0.6) is 0 Å². The van der Waals surface area contributed by atoms with Crippen LogP contribution in [0.25, 0.3) is 0 Å². The van der Waals surface area contributed by atoms with Crippen LogP contribution in [0.3, 0.4) is 0 Å². The van der Waals surface area contributed by atoms with Gasteiger partial charge in [0, 0.05) is 5.92 Å². The van der Waals surface area contributed by atoms with Crippen molar-refractivity contribution >= 4 is 5.84 Å². The summed E-state index contributed by atoms with van der Waals surface area (Å²) in [6.07, 6.45) is 8.48. The summed E-state index contributed by atoms with van der Waals surface area (Å²) in [6.45, 7) is 6.66. The quantitative estimate of drug-likeness (QED) is 0.547. The van der Waals surface area contributed by atoms with Crippen molar-refractivity contribution in [3.05, 3.63) is 0 Å². The minimum Gasteiger partial charge on any atom is -0.387 e. The van der Waals surface area contributed by atoms with Crippen LogP contribution in [0.15, 0.2) is 4.99 Å². The molecule has 88 valence electrons. The van der Waals surface area contributed by atoms with E-state index in [0.29, 0.717) is 5.92 Å². The summed E-state index contributed by atoms with van der Waals surface area (Å²) in [4.78, 5) is 4.84. The maximum absolute atomic E-state index is 6.14. The van der Waals surface area contributed by atoms with E-state index >= 15 is 0 Å². The number of hydrogen-bond donors (Lipinski definition) is 1. The highest BCUT2D eigenvalue weighted by Crippen LogP contribution is 2.29. The van der Waals surface area contributed by atoms with Crippen molar-refractivity contribution in [1.29, 1.82) is 0 Å². The normalized spacial score (nSPS) is 19.8. The monoisotopic (exact) mass is 210 g/mol. The molecule has 0 spiro atoms. The van der Waals surface area contributed by atoms with Gasteiger partial charge in [0.05, 0.1) is 11.4 Å². The number of hydrogen-bond acceptors (Lipinski definition) is 1. The second kappa shape index (κ2) is 5.53. The topological polar surface area (TPSA) is 38.4 Å². The SMILES string of the molecule is CCC(CC)(CC)N=C(N)C1CCCC1. The Hall–Kier alpha value is -0.530. The van der Waals surface area contributed by atoms with Gasteiger partial charge >= 0.3 is 0 Å². The van der Waals surface area contributed by atoms with Gasteiger partial charge in [0.25, 0.3) is 0 Å². The molecule has 0 aromatic heterocycles. The highest BCUT2D eigenvalue weighted by molar-refractivity contribution is 5.83. The fraction of sp³-hybridized carbons (Fsp3) is 0.923. The first-order valence-corrected chi connectivity index (χ1v) is 6.52. The van der Waals surface area contributed by atoms with Crippen molar-refractivity contribution in [2.45, 2.75) is 71.3 Å². The molecule has 0 saturated heterocycles. The first-order valence-electron chi connectivity index (χ1n) is 6.52. The van der Waals surface area contributed by atoms with Crippen LogP contribution < -0.4 is 5.73 Å². The fourth-order valence-electron chi connectivity index (χ4n) is 2.57. The summed E-state index contributed by atoms with van der Waals surface area (Å²) < 4.78 is 0. The van der Waals surface area contributed by atoms with Crippen molar-refractivity contribution in [3.8, 4) is 0 Å². The predicted molar refractivity (Wildman–Crippen MR) is 67.2 cm³/mol. The standard InChI is InChI=1S/C13H26N2/c1-4-13(5-2,6-3)15-12(14)11-9-7-8-10-11/h11H,4-10H2,1-3H3,(H2,14,15). The first kappa shape index (κ1) is 12.5. The summed E-state index contributed by atoms with van der Waals surface area (Å²) >= 11 is 0. The Morgan fingerprint density at radius 2 is 1.60 bits per heavy atom. The van der Waals surface area contributed by atoms with Gasteiger partial charge in [-0.05, 0) is 32.1 Å². The Bertz CT molecular complexity index is 202. The zero-order valence-electron chi connectivity index (χ0n) is 10.6. The molecule has 0 amide bonds. The molecule has 0 atom stereocenters. The summed E-state index contributed by atoms with van der Waals surface area (Å²) in [5.74, 6) is 1.51. The van der Waals surface area contributed by atoms with E-state index in [-0.39, 0.29) is 5.54 Å². The fourth-order valence-corrected chi connectivity index (χ4v) is 2.57. The molecule has 0 unspecified atom stereocenters. The molecule has 15 heavy (non-hydrogen) atoms. The molecule has 0 radical (unpaired) electrons. The molecular formula is C13H26N2. The molecule has 1 saturated carbocycles. The zero-order chi connectivity index (χ0) is 11.3. The average molecular weight is 210 g/mol. The molecule has 1 aliphatic rings. The Morgan fingerprint density at radius 1 is 1.13 bits per heavy atom. The van der Waals surface area contributed by atoms with Gasteiger partial charge in [0.2, 0.25) is 0 Å². The van der Waals surface area contributed by atoms with E-state index in [1.54, 1.807) is 0 Å². The molecule has 1 fully saturated rings. The minimum atomic E-state index is 0.118. The lowest BCUT2D eigenvalue weighted by atomic mass is 9.90. The van der Waals surface area contributed by atoms with Crippen molar-refractivity contribution < 1.29 is 0 Å². The molecule has 2 N–H and O–H groups in total. The highest BCUT2D eigenvalue weighted by atomic mass is 14.9. The molecule has 0 aliphatic heterocycles. The van der Waals surface area contributed by atoms with Crippen molar-refractivity contribution in [2.75, 3.05) is 0 Å². The van der Waals surface area contributed by atoms with E-state index in [2.05, 4.69) is 20.8 Å². The van der Waals surface area contributed by atoms with Crippen LogP contribution in [0.4, 0.5) is 0 Å². The number of aliphatic imine (C=N–C) groups is 1. The molecule has 0 aromatic rings. The van der Waals surface area contributed by atoms with Gasteiger partial charge in [-0.3, -0.25) is 4.99 Å². The van der Waals surface area contributed by atoms with Crippen LogP contribution in [0, 0.1) is 5.92 Å². The average Bonchev–Trinajstić information content (AvgIpc) is 2.79. The van der Waals surface area contributed by atoms with Gasteiger partial charge in [0.1, 0.15) is 0 Å². The van der Waals surface area contributed by atoms with Crippen molar-refractivity contribution in [3.63, 3.8) is 0 Å². The molecule has 0 heterocycles. The van der Waals surface area contributed by atoms with E-state index in [9.17, 15) is 0 Å². The Morgan fingerprint density at radius 3 is 2.00 bits per heavy atom. The lowest BCUT2D eigenvalue weighted by Gasteiger charge is -2.27. The lowest BCUT2D eigenvalue weighted by molar-refractivity contribution is 0.383. The Labute approximate surface area is 94.3 Å². The lowest BCUT2D eigenvalue weighted by Crippen LogP contribution is -2.31. The molecule has 1 aliphatic carbocycles. The number of nitrogens with zero attached hydrogens (tertiary/aromatic N) is 1. The molecule has 0 bridgehead atoms. The third-order valence-corrected chi connectivity index (χ3v) is 4.11. The van der Waals surface area contributed by atoms with Gasteiger partial charge in [-0.25, -0.2) is 0 Å². The summed E-state index contributed by atoms with van der Waals surface area (Å²) in [7, 11) is 0. The Balaban J connectivity index is 2.72. The van der Waals surface area contributed by atoms with E-state index in [1.165, 1.54) is 25.7 Å². The van der Waals surface area contributed by atoms with Gasteiger partial charge in [-0.2, -0.15) is 0 Å². The van der Waals surface area contributed by atoms with E-state index in [1.807, 2.05) is 0 Å². The largest absolute Gasteiger partial charge is 0.387 e. The molecule has 2 heteroatoms.